The molecule has 1 fully saturated rings. The number of aromatic nitrogens is 2. The summed E-state index contributed by atoms with van der Waals surface area (Å²) in [6.45, 7) is 2.31. The van der Waals surface area contributed by atoms with Gasteiger partial charge in [-0.25, -0.2) is 13.5 Å². The number of morpholine rings is 1. The predicted octanol–water partition coefficient (Wildman–Crippen LogP) is 2.67. The zero-order chi connectivity index (χ0) is 17.2. The van der Waals surface area contributed by atoms with Gasteiger partial charge in [0.25, 0.3) is 0 Å². The molecule has 7 heteroatoms. The number of hydrogen-bond donors (Lipinski definition) is 1. The number of fused-ring (bicyclic) bond motifs is 1. The SMILES string of the molecule is Fc1ccccc1-n1nc(OCC2CNCCO2)c2c(F)cccc21. The average molecular weight is 345 g/mol. The van der Waals surface area contributed by atoms with Gasteiger partial charge in [-0.15, -0.1) is 5.10 Å². The van der Waals surface area contributed by atoms with Gasteiger partial charge in [0, 0.05) is 13.1 Å². The van der Waals surface area contributed by atoms with E-state index in [1.165, 1.54) is 16.8 Å². The molecule has 1 aromatic heterocycles. The predicted molar refractivity (Wildman–Crippen MR) is 89.1 cm³/mol. The molecule has 1 aliphatic heterocycles. The van der Waals surface area contributed by atoms with Crippen LogP contribution in [0.15, 0.2) is 42.5 Å². The second-order valence-electron chi connectivity index (χ2n) is 5.81. The third kappa shape index (κ3) is 3.08. The fourth-order valence-electron chi connectivity index (χ4n) is 2.90. The first-order chi connectivity index (χ1) is 12.2. The number of para-hydroxylation sites is 1. The monoisotopic (exact) mass is 345 g/mol. The normalized spacial score (nSPS) is 17.8. The van der Waals surface area contributed by atoms with Gasteiger partial charge in [-0.3, -0.25) is 0 Å². The van der Waals surface area contributed by atoms with Crippen molar-refractivity contribution in [3.8, 4) is 11.6 Å². The molecule has 2 aromatic carbocycles. The maximum Gasteiger partial charge on any atom is 0.244 e. The van der Waals surface area contributed by atoms with Crippen molar-refractivity contribution in [1.82, 2.24) is 15.1 Å². The lowest BCUT2D eigenvalue weighted by atomic mass is 10.2. The molecule has 1 saturated heterocycles. The Morgan fingerprint density at radius 2 is 2.00 bits per heavy atom. The van der Waals surface area contributed by atoms with Gasteiger partial charge in [-0.05, 0) is 24.3 Å². The number of nitrogens with zero attached hydrogens (tertiary/aromatic N) is 2. The molecule has 0 saturated carbocycles. The summed E-state index contributed by atoms with van der Waals surface area (Å²) in [6.07, 6.45) is -0.130. The summed E-state index contributed by atoms with van der Waals surface area (Å²) in [5.74, 6) is -0.772. The maximum absolute atomic E-state index is 14.4. The van der Waals surface area contributed by atoms with E-state index in [1.54, 1.807) is 30.3 Å². The molecule has 0 spiro atoms. The molecule has 0 amide bonds. The molecule has 4 rings (SSSR count). The highest BCUT2D eigenvalue weighted by Crippen LogP contribution is 2.30. The molecule has 1 aliphatic rings. The Morgan fingerprint density at radius 1 is 1.16 bits per heavy atom. The summed E-state index contributed by atoms with van der Waals surface area (Å²) in [5, 5.41) is 7.74. The number of halogens is 2. The van der Waals surface area contributed by atoms with E-state index < -0.39 is 11.6 Å². The van der Waals surface area contributed by atoms with Gasteiger partial charge < -0.3 is 14.8 Å². The van der Waals surface area contributed by atoms with Crippen molar-refractivity contribution in [2.75, 3.05) is 26.3 Å². The van der Waals surface area contributed by atoms with Crippen LogP contribution in [0.25, 0.3) is 16.6 Å². The maximum atomic E-state index is 14.4. The summed E-state index contributed by atoms with van der Waals surface area (Å²) < 4.78 is 41.2. The van der Waals surface area contributed by atoms with Crippen LogP contribution < -0.4 is 10.1 Å². The van der Waals surface area contributed by atoms with Gasteiger partial charge in [0.2, 0.25) is 5.88 Å². The Labute approximate surface area is 143 Å². The summed E-state index contributed by atoms with van der Waals surface area (Å²) in [7, 11) is 0. The Kier molecular flexibility index (Phi) is 4.33. The van der Waals surface area contributed by atoms with Crippen LogP contribution in [0, 0.1) is 11.6 Å². The van der Waals surface area contributed by atoms with E-state index in [4.69, 9.17) is 9.47 Å². The number of rotatable bonds is 4. The quantitative estimate of drug-likeness (QED) is 0.790. The van der Waals surface area contributed by atoms with Crippen molar-refractivity contribution in [3.63, 3.8) is 0 Å². The van der Waals surface area contributed by atoms with Gasteiger partial charge in [0.15, 0.2) is 0 Å². The van der Waals surface area contributed by atoms with Crippen LogP contribution in [-0.4, -0.2) is 42.2 Å². The molecule has 1 atom stereocenters. The van der Waals surface area contributed by atoms with Crippen molar-refractivity contribution < 1.29 is 18.3 Å². The van der Waals surface area contributed by atoms with Crippen LogP contribution in [0.4, 0.5) is 8.78 Å². The zero-order valence-corrected chi connectivity index (χ0v) is 13.4. The van der Waals surface area contributed by atoms with E-state index in [0.29, 0.717) is 18.7 Å². The topological polar surface area (TPSA) is 48.3 Å². The van der Waals surface area contributed by atoms with Crippen molar-refractivity contribution in [3.05, 3.63) is 54.1 Å². The third-order valence-corrected chi connectivity index (χ3v) is 4.12. The van der Waals surface area contributed by atoms with E-state index in [0.717, 1.165) is 6.54 Å². The minimum absolute atomic E-state index is 0.130. The molecule has 0 bridgehead atoms. The Hall–Kier alpha value is -2.51. The van der Waals surface area contributed by atoms with E-state index >= 15 is 0 Å². The highest BCUT2D eigenvalue weighted by molar-refractivity contribution is 5.86. The van der Waals surface area contributed by atoms with Crippen LogP contribution >= 0.6 is 0 Å². The first kappa shape index (κ1) is 16.0. The van der Waals surface area contributed by atoms with Gasteiger partial charge in [-0.1, -0.05) is 18.2 Å². The molecule has 1 unspecified atom stereocenters. The molecular weight excluding hydrogens is 328 g/mol. The van der Waals surface area contributed by atoms with Crippen LogP contribution in [0.5, 0.6) is 5.88 Å². The fourth-order valence-corrected chi connectivity index (χ4v) is 2.90. The van der Waals surface area contributed by atoms with Crippen LogP contribution in [0.2, 0.25) is 0 Å². The summed E-state index contributed by atoms with van der Waals surface area (Å²) in [5.41, 5.74) is 0.686. The summed E-state index contributed by atoms with van der Waals surface area (Å²) >= 11 is 0. The smallest absolute Gasteiger partial charge is 0.244 e. The summed E-state index contributed by atoms with van der Waals surface area (Å²) in [6, 6.07) is 10.8. The van der Waals surface area contributed by atoms with Crippen molar-refractivity contribution in [2.45, 2.75) is 6.10 Å². The number of nitrogens with one attached hydrogen (secondary N) is 1. The minimum atomic E-state index is -0.460. The molecule has 0 radical (unpaired) electrons. The third-order valence-electron chi connectivity index (χ3n) is 4.12. The second kappa shape index (κ2) is 6.78. The number of benzene rings is 2. The van der Waals surface area contributed by atoms with Crippen molar-refractivity contribution in [1.29, 1.82) is 0 Å². The van der Waals surface area contributed by atoms with Gasteiger partial charge in [-0.2, -0.15) is 0 Å². The number of ether oxygens (including phenoxy) is 2. The highest BCUT2D eigenvalue weighted by Gasteiger charge is 2.20. The Bertz CT molecular complexity index is 891. The lowest BCUT2D eigenvalue weighted by Gasteiger charge is -2.23. The average Bonchev–Trinajstić information content (AvgIpc) is 3.01. The van der Waals surface area contributed by atoms with Crippen LogP contribution in [0.1, 0.15) is 0 Å². The Balaban J connectivity index is 1.73. The van der Waals surface area contributed by atoms with Gasteiger partial charge >= 0.3 is 0 Å². The highest BCUT2D eigenvalue weighted by atomic mass is 19.1. The largest absolute Gasteiger partial charge is 0.473 e. The first-order valence-electron chi connectivity index (χ1n) is 8.11. The minimum Gasteiger partial charge on any atom is -0.473 e. The van der Waals surface area contributed by atoms with Gasteiger partial charge in [0.05, 0.1) is 17.5 Å². The van der Waals surface area contributed by atoms with E-state index in [2.05, 4.69) is 10.4 Å². The lowest BCUT2D eigenvalue weighted by molar-refractivity contribution is -0.000539. The second-order valence-corrected chi connectivity index (χ2v) is 5.81. The van der Waals surface area contributed by atoms with E-state index in [-0.39, 0.29) is 29.7 Å². The standard InChI is InChI=1S/C18H17F2N3O2/c19-13-4-1-2-6-15(13)23-16-7-3-5-14(20)17(16)18(22-23)25-11-12-10-21-8-9-24-12/h1-7,12,21H,8-11H2. The van der Waals surface area contributed by atoms with Crippen molar-refractivity contribution >= 4 is 10.9 Å². The molecular formula is C18H17F2N3O2. The fraction of sp³-hybridized carbons (Fsp3) is 0.278. The molecule has 0 aliphatic carbocycles. The number of hydrogen-bond acceptors (Lipinski definition) is 4. The van der Waals surface area contributed by atoms with E-state index in [1.807, 2.05) is 0 Å². The molecule has 130 valence electrons. The zero-order valence-electron chi connectivity index (χ0n) is 13.4. The molecule has 25 heavy (non-hydrogen) atoms. The Morgan fingerprint density at radius 3 is 2.80 bits per heavy atom. The van der Waals surface area contributed by atoms with Crippen molar-refractivity contribution in [2.24, 2.45) is 0 Å². The van der Waals surface area contributed by atoms with Crippen LogP contribution in [0.3, 0.4) is 0 Å². The first-order valence-corrected chi connectivity index (χ1v) is 8.11. The molecule has 5 nitrogen and oxygen atoms in total. The van der Waals surface area contributed by atoms with Crippen LogP contribution in [-0.2, 0) is 4.74 Å². The molecule has 3 aromatic rings. The lowest BCUT2D eigenvalue weighted by Crippen LogP contribution is -2.41. The molecule has 2 heterocycles. The van der Waals surface area contributed by atoms with E-state index in [9.17, 15) is 8.78 Å². The molecule has 1 N–H and O–H groups in total. The summed E-state index contributed by atoms with van der Waals surface area (Å²) in [4.78, 5) is 0. The van der Waals surface area contributed by atoms with Gasteiger partial charge in [0.1, 0.15) is 30.0 Å².